The fourth-order valence-electron chi connectivity index (χ4n) is 2.41. The van der Waals surface area contributed by atoms with Gasteiger partial charge in [0.2, 0.25) is 5.95 Å². The smallest absolute Gasteiger partial charge is 0.249 e. The van der Waals surface area contributed by atoms with Crippen LogP contribution in [0.3, 0.4) is 0 Å². The molecular formula is C19H21N5O. The van der Waals surface area contributed by atoms with Gasteiger partial charge >= 0.3 is 0 Å². The molecule has 0 unspecified atom stereocenters. The van der Waals surface area contributed by atoms with Gasteiger partial charge < -0.3 is 15.4 Å². The predicted octanol–water partition coefficient (Wildman–Crippen LogP) is 3.93. The lowest BCUT2D eigenvalue weighted by atomic mass is 10.1. The van der Waals surface area contributed by atoms with E-state index in [-0.39, 0.29) is 0 Å². The Kier molecular flexibility index (Phi) is 5.41. The van der Waals surface area contributed by atoms with Crippen molar-refractivity contribution in [3.8, 4) is 5.75 Å². The third kappa shape index (κ3) is 4.44. The zero-order chi connectivity index (χ0) is 17.5. The van der Waals surface area contributed by atoms with Crippen molar-refractivity contribution in [2.75, 3.05) is 17.2 Å². The Bertz CT molecular complexity index is 837. The monoisotopic (exact) mass is 335 g/mol. The lowest BCUT2D eigenvalue weighted by molar-refractivity contribution is 0.342. The molecule has 3 rings (SSSR count). The molecule has 128 valence electrons. The van der Waals surface area contributed by atoms with Gasteiger partial charge in [-0.05, 0) is 37.1 Å². The molecule has 0 amide bonds. The van der Waals surface area contributed by atoms with Crippen LogP contribution in [0, 0.1) is 6.92 Å². The summed E-state index contributed by atoms with van der Waals surface area (Å²) in [6.07, 6.45) is 1.61. The number of rotatable bonds is 7. The van der Waals surface area contributed by atoms with Gasteiger partial charge in [-0.15, -0.1) is 5.10 Å². The first-order chi connectivity index (χ1) is 12.3. The Morgan fingerprint density at radius 2 is 1.84 bits per heavy atom. The first-order valence-electron chi connectivity index (χ1n) is 8.23. The summed E-state index contributed by atoms with van der Waals surface area (Å²) in [6.45, 7) is 5.31. The lowest BCUT2D eigenvalue weighted by Crippen LogP contribution is -2.07. The maximum Gasteiger partial charge on any atom is 0.249 e. The van der Waals surface area contributed by atoms with E-state index in [2.05, 4.69) is 44.9 Å². The van der Waals surface area contributed by atoms with E-state index in [1.807, 2.05) is 43.3 Å². The molecule has 0 spiro atoms. The summed E-state index contributed by atoms with van der Waals surface area (Å²) in [5.74, 6) is 1.84. The van der Waals surface area contributed by atoms with Crippen LogP contribution in [0.4, 0.5) is 17.5 Å². The Labute approximate surface area is 147 Å². The molecule has 0 radical (unpaired) electrons. The van der Waals surface area contributed by atoms with Crippen LogP contribution >= 0.6 is 0 Å². The van der Waals surface area contributed by atoms with Gasteiger partial charge in [-0.25, -0.2) is 0 Å². The van der Waals surface area contributed by atoms with Crippen LogP contribution in [-0.2, 0) is 6.54 Å². The number of aromatic nitrogens is 3. The third-order valence-corrected chi connectivity index (χ3v) is 3.71. The van der Waals surface area contributed by atoms with Gasteiger partial charge in [-0.1, -0.05) is 36.4 Å². The molecule has 3 aromatic rings. The van der Waals surface area contributed by atoms with Gasteiger partial charge in [-0.3, -0.25) is 0 Å². The second kappa shape index (κ2) is 8.10. The highest BCUT2D eigenvalue weighted by Crippen LogP contribution is 2.26. The summed E-state index contributed by atoms with van der Waals surface area (Å²) in [6, 6.07) is 15.9. The number of ether oxygens (including phenoxy) is 1. The number of hydrogen-bond donors (Lipinski definition) is 2. The number of aryl methyl sites for hydroxylation is 1. The summed E-state index contributed by atoms with van der Waals surface area (Å²) in [4.78, 5) is 4.46. The fourth-order valence-corrected chi connectivity index (χ4v) is 2.41. The Hall–Kier alpha value is -3.15. The summed E-state index contributed by atoms with van der Waals surface area (Å²) in [5.41, 5.74) is 3.26. The highest BCUT2D eigenvalue weighted by Gasteiger charge is 2.06. The van der Waals surface area contributed by atoms with E-state index in [1.165, 1.54) is 11.1 Å². The zero-order valence-electron chi connectivity index (χ0n) is 14.4. The maximum atomic E-state index is 5.60. The van der Waals surface area contributed by atoms with Gasteiger partial charge in [0, 0.05) is 6.54 Å². The molecule has 0 aliphatic rings. The third-order valence-electron chi connectivity index (χ3n) is 3.71. The molecule has 0 aliphatic carbocycles. The quantitative estimate of drug-likeness (QED) is 0.681. The minimum Gasteiger partial charge on any atom is -0.492 e. The van der Waals surface area contributed by atoms with E-state index in [0.717, 1.165) is 11.4 Å². The van der Waals surface area contributed by atoms with E-state index in [1.54, 1.807) is 6.20 Å². The molecule has 0 saturated heterocycles. The molecule has 25 heavy (non-hydrogen) atoms. The van der Waals surface area contributed by atoms with E-state index in [0.29, 0.717) is 24.9 Å². The second-order valence-corrected chi connectivity index (χ2v) is 5.50. The van der Waals surface area contributed by atoms with Crippen molar-refractivity contribution in [3.05, 3.63) is 65.9 Å². The molecule has 1 heterocycles. The average Bonchev–Trinajstić information content (AvgIpc) is 2.63. The molecule has 0 atom stereocenters. The van der Waals surface area contributed by atoms with Crippen molar-refractivity contribution in [1.29, 1.82) is 0 Å². The van der Waals surface area contributed by atoms with Gasteiger partial charge in [0.1, 0.15) is 5.75 Å². The zero-order valence-corrected chi connectivity index (χ0v) is 14.4. The molecule has 0 fully saturated rings. The Morgan fingerprint density at radius 1 is 1.04 bits per heavy atom. The van der Waals surface area contributed by atoms with Gasteiger partial charge in [-0.2, -0.15) is 10.1 Å². The number of nitrogens with one attached hydrogen (secondary N) is 2. The number of nitrogens with zero attached hydrogens (tertiary/aromatic N) is 3. The highest BCUT2D eigenvalue weighted by molar-refractivity contribution is 5.62. The topological polar surface area (TPSA) is 72.0 Å². The van der Waals surface area contributed by atoms with Crippen LogP contribution in [-0.4, -0.2) is 21.8 Å². The Balaban J connectivity index is 1.71. The van der Waals surface area contributed by atoms with E-state index in [9.17, 15) is 0 Å². The van der Waals surface area contributed by atoms with Crippen molar-refractivity contribution in [2.24, 2.45) is 0 Å². The van der Waals surface area contributed by atoms with Gasteiger partial charge in [0.25, 0.3) is 0 Å². The van der Waals surface area contributed by atoms with Gasteiger partial charge in [0.15, 0.2) is 5.82 Å². The molecule has 6 nitrogen and oxygen atoms in total. The van der Waals surface area contributed by atoms with Crippen LogP contribution in [0.2, 0.25) is 0 Å². The van der Waals surface area contributed by atoms with Crippen LogP contribution in [0.1, 0.15) is 18.1 Å². The summed E-state index contributed by atoms with van der Waals surface area (Å²) in [5, 5.41) is 14.5. The van der Waals surface area contributed by atoms with Crippen molar-refractivity contribution < 1.29 is 4.74 Å². The molecule has 0 bridgehead atoms. The molecule has 6 heteroatoms. The summed E-state index contributed by atoms with van der Waals surface area (Å²) >= 11 is 0. The molecule has 0 aliphatic heterocycles. The number of benzene rings is 2. The van der Waals surface area contributed by atoms with Crippen molar-refractivity contribution in [1.82, 2.24) is 15.2 Å². The van der Waals surface area contributed by atoms with Crippen molar-refractivity contribution >= 4 is 17.5 Å². The largest absolute Gasteiger partial charge is 0.492 e. The molecule has 2 N–H and O–H groups in total. The molecular weight excluding hydrogens is 314 g/mol. The Morgan fingerprint density at radius 3 is 2.68 bits per heavy atom. The minimum absolute atomic E-state index is 0.418. The van der Waals surface area contributed by atoms with Crippen LogP contribution in [0.25, 0.3) is 0 Å². The van der Waals surface area contributed by atoms with Crippen molar-refractivity contribution in [2.45, 2.75) is 20.4 Å². The first kappa shape index (κ1) is 16.7. The summed E-state index contributed by atoms with van der Waals surface area (Å²) < 4.78 is 5.60. The number of para-hydroxylation sites is 2. The number of hydrogen-bond acceptors (Lipinski definition) is 6. The normalized spacial score (nSPS) is 10.3. The maximum absolute atomic E-state index is 5.60. The van der Waals surface area contributed by atoms with Crippen LogP contribution in [0.5, 0.6) is 5.75 Å². The summed E-state index contributed by atoms with van der Waals surface area (Å²) in [7, 11) is 0. The SMILES string of the molecule is CCOc1ccccc1Nc1nncc(NCc2ccccc2C)n1. The highest BCUT2D eigenvalue weighted by atomic mass is 16.5. The average molecular weight is 335 g/mol. The first-order valence-corrected chi connectivity index (χ1v) is 8.23. The molecule has 2 aromatic carbocycles. The standard InChI is InChI=1S/C19H21N5O/c1-3-25-17-11-7-6-10-16(17)22-19-23-18(13-21-24-19)20-12-15-9-5-4-8-14(15)2/h4-11,13H,3,12H2,1-2H3,(H2,20,22,23,24). The van der Waals surface area contributed by atoms with Crippen LogP contribution in [0.15, 0.2) is 54.7 Å². The minimum atomic E-state index is 0.418. The van der Waals surface area contributed by atoms with E-state index < -0.39 is 0 Å². The molecule has 1 aromatic heterocycles. The predicted molar refractivity (Wildman–Crippen MR) is 99.2 cm³/mol. The fraction of sp³-hybridized carbons (Fsp3) is 0.211. The van der Waals surface area contributed by atoms with E-state index >= 15 is 0 Å². The second-order valence-electron chi connectivity index (χ2n) is 5.50. The van der Waals surface area contributed by atoms with Gasteiger partial charge in [0.05, 0.1) is 18.5 Å². The van der Waals surface area contributed by atoms with Crippen molar-refractivity contribution in [3.63, 3.8) is 0 Å². The molecule has 0 saturated carbocycles. The van der Waals surface area contributed by atoms with E-state index in [4.69, 9.17) is 4.74 Å². The number of anilines is 3. The lowest BCUT2D eigenvalue weighted by Gasteiger charge is -2.12. The van der Waals surface area contributed by atoms with Crippen LogP contribution < -0.4 is 15.4 Å².